The summed E-state index contributed by atoms with van der Waals surface area (Å²) in [6, 6.07) is 1.61. The van der Waals surface area contributed by atoms with Crippen LogP contribution < -0.4 is 0 Å². The number of hydrogen-bond donors (Lipinski definition) is 4. The molecule has 2 atom stereocenters. The molecule has 8 heteroatoms. The minimum absolute atomic E-state index is 0.340. The van der Waals surface area contributed by atoms with Crippen LogP contribution in [0.25, 0.3) is 0 Å². The first kappa shape index (κ1) is 14.3. The number of benzene rings is 1. The number of halogens is 3. The fourth-order valence-electron chi connectivity index (χ4n) is 1.28. The van der Waals surface area contributed by atoms with E-state index in [-0.39, 0.29) is 0 Å². The highest BCUT2D eigenvalue weighted by Crippen LogP contribution is 2.35. The molecular formula is C10H9F3O5. The number of aliphatic hydroxyl groups excluding tert-OH is 2. The maximum absolute atomic E-state index is 12.3. The highest BCUT2D eigenvalue weighted by molar-refractivity contribution is 5.73. The zero-order chi connectivity index (χ0) is 14.1. The molecule has 0 heterocycles. The van der Waals surface area contributed by atoms with E-state index in [1.807, 2.05) is 0 Å². The molecule has 0 radical (unpaired) electrons. The van der Waals surface area contributed by atoms with E-state index in [0.717, 1.165) is 0 Å². The van der Waals surface area contributed by atoms with Crippen molar-refractivity contribution in [1.82, 2.24) is 0 Å². The number of phenols is 1. The van der Waals surface area contributed by atoms with Gasteiger partial charge in [-0.15, -0.1) is 0 Å². The first-order valence-electron chi connectivity index (χ1n) is 4.63. The normalized spacial score (nSPS) is 15.2. The van der Waals surface area contributed by atoms with E-state index in [2.05, 4.69) is 0 Å². The molecule has 0 amide bonds. The van der Waals surface area contributed by atoms with Crippen LogP contribution in [0.2, 0.25) is 0 Å². The van der Waals surface area contributed by atoms with Gasteiger partial charge in [0, 0.05) is 5.56 Å². The van der Waals surface area contributed by atoms with Gasteiger partial charge in [0.25, 0.3) is 0 Å². The summed E-state index contributed by atoms with van der Waals surface area (Å²) < 4.78 is 36.8. The maximum atomic E-state index is 12.3. The standard InChI is InChI=1S/C10H9F3O5/c11-10(12,13)4-1-2-5(6(14)3-4)7(15)8(16)9(17)18/h1-3,7-8,14-16H,(H,17,18). The third-order valence-electron chi connectivity index (χ3n) is 2.23. The van der Waals surface area contributed by atoms with Gasteiger partial charge in [-0.1, -0.05) is 6.07 Å². The van der Waals surface area contributed by atoms with Gasteiger partial charge >= 0.3 is 12.1 Å². The molecule has 0 aliphatic heterocycles. The molecule has 0 saturated carbocycles. The van der Waals surface area contributed by atoms with Crippen molar-refractivity contribution in [3.05, 3.63) is 29.3 Å². The predicted octanol–water partition coefficient (Wildman–Crippen LogP) is 0.890. The summed E-state index contributed by atoms with van der Waals surface area (Å²) in [4.78, 5) is 10.4. The first-order valence-corrected chi connectivity index (χ1v) is 4.63. The predicted molar refractivity (Wildman–Crippen MR) is 51.7 cm³/mol. The molecule has 0 spiro atoms. The van der Waals surface area contributed by atoms with Crippen LogP contribution in [0.5, 0.6) is 5.75 Å². The van der Waals surface area contributed by atoms with Crippen LogP contribution in [0.3, 0.4) is 0 Å². The van der Waals surface area contributed by atoms with Gasteiger partial charge in [0.15, 0.2) is 6.10 Å². The van der Waals surface area contributed by atoms with Crippen LogP contribution in [0.4, 0.5) is 13.2 Å². The zero-order valence-electron chi connectivity index (χ0n) is 8.72. The second-order valence-electron chi connectivity index (χ2n) is 3.50. The summed E-state index contributed by atoms with van der Waals surface area (Å²) in [7, 11) is 0. The molecule has 0 bridgehead atoms. The Balaban J connectivity index is 3.10. The fourth-order valence-corrected chi connectivity index (χ4v) is 1.28. The second-order valence-corrected chi connectivity index (χ2v) is 3.50. The molecule has 0 saturated heterocycles. The molecule has 1 aromatic carbocycles. The Kier molecular flexibility index (Phi) is 3.82. The van der Waals surface area contributed by atoms with Crippen molar-refractivity contribution in [2.75, 3.05) is 0 Å². The quantitative estimate of drug-likeness (QED) is 0.651. The van der Waals surface area contributed by atoms with E-state index in [9.17, 15) is 28.2 Å². The Labute approximate surface area is 98.7 Å². The van der Waals surface area contributed by atoms with Crippen molar-refractivity contribution in [2.45, 2.75) is 18.4 Å². The molecule has 100 valence electrons. The monoisotopic (exact) mass is 266 g/mol. The Bertz CT molecular complexity index is 457. The molecule has 2 unspecified atom stereocenters. The van der Waals surface area contributed by atoms with Gasteiger partial charge < -0.3 is 20.4 Å². The number of carboxylic acid groups (broad SMARTS) is 1. The molecule has 0 aliphatic carbocycles. The highest BCUT2D eigenvalue weighted by Gasteiger charge is 2.33. The van der Waals surface area contributed by atoms with Gasteiger partial charge in [0.2, 0.25) is 0 Å². The average Bonchev–Trinajstić information content (AvgIpc) is 2.25. The molecule has 1 aromatic rings. The van der Waals surface area contributed by atoms with Crippen molar-refractivity contribution >= 4 is 5.97 Å². The Hall–Kier alpha value is -1.80. The number of aliphatic hydroxyl groups is 2. The van der Waals surface area contributed by atoms with Crippen LogP contribution in [0.15, 0.2) is 18.2 Å². The molecule has 0 aliphatic rings. The topological polar surface area (TPSA) is 98.0 Å². The van der Waals surface area contributed by atoms with E-state index in [0.29, 0.717) is 18.2 Å². The Morgan fingerprint density at radius 2 is 1.78 bits per heavy atom. The molecule has 5 nitrogen and oxygen atoms in total. The van der Waals surface area contributed by atoms with Crippen LogP contribution >= 0.6 is 0 Å². The number of carboxylic acids is 1. The highest BCUT2D eigenvalue weighted by atomic mass is 19.4. The number of alkyl halides is 3. The SMILES string of the molecule is O=C(O)C(O)C(O)c1ccc(C(F)(F)F)cc1O. The molecule has 0 fully saturated rings. The molecule has 0 aromatic heterocycles. The summed E-state index contributed by atoms with van der Waals surface area (Å²) in [5.74, 6) is -2.71. The lowest BCUT2D eigenvalue weighted by Crippen LogP contribution is -2.27. The summed E-state index contributed by atoms with van der Waals surface area (Å²) in [6.45, 7) is 0. The van der Waals surface area contributed by atoms with E-state index in [1.54, 1.807) is 0 Å². The van der Waals surface area contributed by atoms with Crippen molar-refractivity contribution in [3.8, 4) is 5.75 Å². The van der Waals surface area contributed by atoms with Gasteiger partial charge in [-0.2, -0.15) is 13.2 Å². The number of aliphatic carboxylic acids is 1. The van der Waals surface area contributed by atoms with Gasteiger partial charge in [0.1, 0.15) is 11.9 Å². The number of rotatable bonds is 3. The number of hydrogen-bond acceptors (Lipinski definition) is 4. The van der Waals surface area contributed by atoms with Crippen molar-refractivity contribution in [3.63, 3.8) is 0 Å². The van der Waals surface area contributed by atoms with Crippen molar-refractivity contribution in [2.24, 2.45) is 0 Å². The fraction of sp³-hybridized carbons (Fsp3) is 0.300. The van der Waals surface area contributed by atoms with E-state index in [1.165, 1.54) is 0 Å². The Morgan fingerprint density at radius 1 is 1.22 bits per heavy atom. The van der Waals surface area contributed by atoms with Gasteiger partial charge in [-0.3, -0.25) is 0 Å². The van der Waals surface area contributed by atoms with Crippen LogP contribution in [-0.2, 0) is 11.0 Å². The lowest BCUT2D eigenvalue weighted by Gasteiger charge is -2.16. The smallest absolute Gasteiger partial charge is 0.416 e. The third kappa shape index (κ3) is 2.90. The van der Waals surface area contributed by atoms with Crippen LogP contribution in [0, 0.1) is 0 Å². The third-order valence-corrected chi connectivity index (χ3v) is 2.23. The summed E-state index contributed by atoms with van der Waals surface area (Å²) in [5.41, 5.74) is -1.65. The number of aromatic hydroxyl groups is 1. The van der Waals surface area contributed by atoms with E-state index in [4.69, 9.17) is 10.2 Å². The largest absolute Gasteiger partial charge is 0.508 e. The van der Waals surface area contributed by atoms with Crippen LogP contribution in [-0.4, -0.2) is 32.5 Å². The summed E-state index contributed by atoms with van der Waals surface area (Å²) in [5, 5.41) is 36.1. The molecule has 18 heavy (non-hydrogen) atoms. The molecule has 4 N–H and O–H groups in total. The van der Waals surface area contributed by atoms with Crippen molar-refractivity contribution < 1.29 is 38.4 Å². The number of carbonyl (C=O) groups is 1. The summed E-state index contributed by atoms with van der Waals surface area (Å²) in [6.07, 6.45) is -8.94. The Morgan fingerprint density at radius 3 is 2.17 bits per heavy atom. The zero-order valence-corrected chi connectivity index (χ0v) is 8.72. The first-order chi connectivity index (χ1) is 8.14. The minimum atomic E-state index is -4.67. The molecular weight excluding hydrogens is 257 g/mol. The van der Waals surface area contributed by atoms with Gasteiger partial charge in [-0.25, -0.2) is 4.79 Å². The van der Waals surface area contributed by atoms with E-state index >= 15 is 0 Å². The molecule has 1 rings (SSSR count). The van der Waals surface area contributed by atoms with E-state index < -0.39 is 41.2 Å². The lowest BCUT2D eigenvalue weighted by atomic mass is 10.0. The maximum Gasteiger partial charge on any atom is 0.416 e. The van der Waals surface area contributed by atoms with Crippen molar-refractivity contribution in [1.29, 1.82) is 0 Å². The van der Waals surface area contributed by atoms with Crippen LogP contribution in [0.1, 0.15) is 17.2 Å². The average molecular weight is 266 g/mol. The minimum Gasteiger partial charge on any atom is -0.508 e. The lowest BCUT2D eigenvalue weighted by molar-refractivity contribution is -0.153. The number of phenolic OH excluding ortho intramolecular Hbond substituents is 1. The van der Waals surface area contributed by atoms with Gasteiger partial charge in [-0.05, 0) is 12.1 Å². The summed E-state index contributed by atoms with van der Waals surface area (Å²) >= 11 is 0. The van der Waals surface area contributed by atoms with Gasteiger partial charge in [0.05, 0.1) is 5.56 Å². The second kappa shape index (κ2) is 4.83.